The number of aliphatic hydroxyl groups excluding tert-OH is 3. The van der Waals surface area contributed by atoms with Gasteiger partial charge in [-0.1, -0.05) is 62.4 Å². The minimum Gasteiger partial charge on any atom is -0.456 e. The molecule has 2 bridgehead atoms. The van der Waals surface area contributed by atoms with E-state index in [0.717, 1.165) is 6.92 Å². The Kier molecular flexibility index (Phi) is 11.7. The molecule has 0 radical (unpaired) electrons. The molecule has 3 fully saturated rings. The van der Waals surface area contributed by atoms with E-state index in [4.69, 9.17) is 28.7 Å². The van der Waals surface area contributed by atoms with Crippen LogP contribution in [0.15, 0.2) is 71.8 Å². The Morgan fingerprint density at radius 1 is 0.949 bits per heavy atom. The van der Waals surface area contributed by atoms with Crippen molar-refractivity contribution in [1.29, 1.82) is 0 Å². The van der Waals surface area contributed by atoms with E-state index in [2.05, 4.69) is 5.32 Å². The van der Waals surface area contributed by atoms with Crippen LogP contribution in [0.2, 0.25) is 0 Å². The molecule has 16 heteroatoms. The van der Waals surface area contributed by atoms with Gasteiger partial charge in [-0.3, -0.25) is 9.68 Å². The number of ketones is 1. The lowest BCUT2D eigenvalue weighted by atomic mass is 9.44. The Labute approximate surface area is 341 Å². The van der Waals surface area contributed by atoms with Gasteiger partial charge >= 0.3 is 24.0 Å². The number of carbonyl (C=O) groups is 5. The van der Waals surface area contributed by atoms with Crippen LogP contribution in [0.4, 0.5) is 4.79 Å². The number of esters is 2. The molecule has 2 aromatic rings. The van der Waals surface area contributed by atoms with E-state index in [1.807, 2.05) is 0 Å². The molecule has 4 aliphatic rings. The fourth-order valence-electron chi connectivity index (χ4n) is 9.40. The van der Waals surface area contributed by atoms with Gasteiger partial charge in [0.25, 0.3) is 0 Å². The van der Waals surface area contributed by atoms with Crippen LogP contribution in [0.3, 0.4) is 0 Å². The second-order valence-electron chi connectivity index (χ2n) is 17.6. The van der Waals surface area contributed by atoms with E-state index >= 15 is 0 Å². The molecule has 0 spiro atoms. The van der Waals surface area contributed by atoms with Crippen molar-refractivity contribution in [2.24, 2.45) is 16.7 Å². The van der Waals surface area contributed by atoms with Crippen molar-refractivity contribution < 1.29 is 73.1 Å². The highest BCUT2D eigenvalue weighted by Crippen LogP contribution is 2.64. The molecule has 1 amide bonds. The summed E-state index contributed by atoms with van der Waals surface area (Å²) in [7, 11) is 0. The maximum Gasteiger partial charge on any atom is 0.408 e. The molecule has 1 aliphatic heterocycles. The third kappa shape index (κ3) is 7.55. The molecule has 2 aromatic carbocycles. The molecular formula is C43H53NO15. The first-order valence-corrected chi connectivity index (χ1v) is 19.5. The van der Waals surface area contributed by atoms with Crippen molar-refractivity contribution in [2.45, 2.75) is 128 Å². The maximum absolute atomic E-state index is 15.0. The largest absolute Gasteiger partial charge is 0.456 e. The number of ether oxygens (including phenoxy) is 4. The van der Waals surface area contributed by atoms with Crippen molar-refractivity contribution in [2.75, 3.05) is 6.61 Å². The molecule has 5 N–H and O–H groups in total. The molecule has 2 saturated carbocycles. The van der Waals surface area contributed by atoms with Gasteiger partial charge in [0.05, 0.1) is 41.8 Å². The lowest BCUT2D eigenvalue weighted by molar-refractivity contribution is -0.446. The molecule has 1 saturated heterocycles. The smallest absolute Gasteiger partial charge is 0.408 e. The van der Waals surface area contributed by atoms with Crippen LogP contribution in [0.1, 0.15) is 90.2 Å². The summed E-state index contributed by atoms with van der Waals surface area (Å²) in [4.78, 5) is 79.3. The monoisotopic (exact) mass is 823 g/mol. The summed E-state index contributed by atoms with van der Waals surface area (Å²) in [5.74, 6) is -5.57. The van der Waals surface area contributed by atoms with Crippen molar-refractivity contribution in [3.8, 4) is 0 Å². The van der Waals surface area contributed by atoms with Crippen LogP contribution in [-0.2, 0) is 43.1 Å². The van der Waals surface area contributed by atoms with Gasteiger partial charge in [0, 0.05) is 25.2 Å². The van der Waals surface area contributed by atoms with E-state index in [0.29, 0.717) is 5.56 Å². The van der Waals surface area contributed by atoms with E-state index in [1.54, 1.807) is 69.3 Å². The molecular weight excluding hydrogens is 770 g/mol. The van der Waals surface area contributed by atoms with E-state index in [-0.39, 0.29) is 29.7 Å². The molecule has 1 heterocycles. The van der Waals surface area contributed by atoms with Gasteiger partial charge in [-0.25, -0.2) is 19.2 Å². The van der Waals surface area contributed by atoms with Crippen molar-refractivity contribution in [3.63, 3.8) is 0 Å². The summed E-state index contributed by atoms with van der Waals surface area (Å²) >= 11 is 0. The zero-order valence-corrected chi connectivity index (χ0v) is 34.3. The number of aliphatic hydroxyl groups is 4. The molecule has 11 atom stereocenters. The van der Waals surface area contributed by atoms with Gasteiger partial charge in [-0.2, -0.15) is 4.89 Å². The second-order valence-corrected chi connectivity index (χ2v) is 17.6. The number of nitrogens with one attached hydrogen (secondary N) is 1. The van der Waals surface area contributed by atoms with Crippen LogP contribution in [-0.4, -0.2) is 110 Å². The highest BCUT2D eigenvalue weighted by atomic mass is 17.2. The fraction of sp³-hybridized carbons (Fsp3) is 0.558. The highest BCUT2D eigenvalue weighted by molar-refractivity contribution is 5.94. The number of hydrogen-bond donors (Lipinski definition) is 5. The first-order chi connectivity index (χ1) is 27.5. The summed E-state index contributed by atoms with van der Waals surface area (Å²) in [5.41, 5.74) is -8.36. The molecule has 3 aliphatic carbocycles. The quantitative estimate of drug-likeness (QED) is 0.0804. The predicted molar refractivity (Wildman–Crippen MR) is 205 cm³/mol. The van der Waals surface area contributed by atoms with Crippen LogP contribution < -0.4 is 5.32 Å². The molecule has 0 aromatic heterocycles. The zero-order valence-electron chi connectivity index (χ0n) is 34.3. The predicted octanol–water partition coefficient (Wildman–Crippen LogP) is 3.19. The number of rotatable bonds is 9. The van der Waals surface area contributed by atoms with E-state index in [1.165, 1.54) is 39.8 Å². The highest BCUT2D eigenvalue weighted by Gasteiger charge is 2.78. The van der Waals surface area contributed by atoms with Gasteiger partial charge < -0.3 is 44.7 Å². The lowest BCUT2D eigenvalue weighted by Gasteiger charge is -2.66. The Morgan fingerprint density at radius 3 is 2.12 bits per heavy atom. The molecule has 320 valence electrons. The normalized spacial score (nSPS) is 33.3. The minimum absolute atomic E-state index is 0.0649. The third-order valence-corrected chi connectivity index (χ3v) is 12.5. The summed E-state index contributed by atoms with van der Waals surface area (Å²) in [5, 5.41) is 51.6. The van der Waals surface area contributed by atoms with Gasteiger partial charge in [0.1, 0.15) is 29.5 Å². The lowest BCUT2D eigenvalue weighted by Crippen LogP contribution is -2.81. The first kappa shape index (κ1) is 43.9. The Hall–Kier alpha value is -4.71. The molecule has 0 unspecified atom stereocenters. The van der Waals surface area contributed by atoms with Crippen molar-refractivity contribution in [1.82, 2.24) is 5.32 Å². The zero-order chi connectivity index (χ0) is 43.5. The standard InChI is InChI=1S/C43H53NO15/c1-22-26(55-37(51)32(48)30(24-15-11-9-12-16-24)44-38(52)57-39(3,4)5)20-43(53)35(56-36(50)25-17-13-10-14-18-25)33-41(8,34(49)31(47)29(22)40(43,6)7)27(46)19-28-42(33,21-54-28)59-58-23(2)45/h9-18,26-28,30-33,35,46-48,53H,19-21H2,1-8H3,(H,44,52)/t26-,27-,28+,30-,31+,32+,33-,35-,41+,42-,43+/m0/s1. The summed E-state index contributed by atoms with van der Waals surface area (Å²) < 4.78 is 23.5. The average molecular weight is 824 g/mol. The van der Waals surface area contributed by atoms with E-state index < -0.39 is 112 Å². The Balaban J connectivity index is 1.49. The number of hydrogen-bond acceptors (Lipinski definition) is 15. The molecule has 6 rings (SSSR count). The number of alkyl carbamates (subject to hydrolysis) is 1. The van der Waals surface area contributed by atoms with Gasteiger partial charge in [0.15, 0.2) is 17.5 Å². The Morgan fingerprint density at radius 2 is 1.56 bits per heavy atom. The van der Waals surface area contributed by atoms with Crippen molar-refractivity contribution >= 4 is 29.8 Å². The second kappa shape index (κ2) is 15.7. The number of Topliss-reactive ketones (excluding diaryl/α,β-unsaturated/α-hetero) is 1. The fourth-order valence-corrected chi connectivity index (χ4v) is 9.40. The van der Waals surface area contributed by atoms with E-state index in [9.17, 15) is 44.4 Å². The SMILES string of the molecule is CC(=O)OO[C@@]12CO[C@@H]1C[C@H](O)[C@@]1(C)C(=O)[C@H](O)C3=C(C)[C@@H](OC(=O)[C@H](O)[C@@H](NC(=O)OC(C)(C)C)c4ccccc4)C[C@@](O)([C@@H](OC(=O)c4ccccc4)[C@H]21)C3(C)C. The summed E-state index contributed by atoms with van der Waals surface area (Å²) in [6, 6.07) is 14.5. The average Bonchev–Trinajstić information content (AvgIpc) is 3.16. The molecule has 59 heavy (non-hydrogen) atoms. The van der Waals surface area contributed by atoms with Crippen LogP contribution in [0.25, 0.3) is 0 Å². The van der Waals surface area contributed by atoms with Crippen LogP contribution >= 0.6 is 0 Å². The van der Waals surface area contributed by atoms with Gasteiger partial charge in [-0.05, 0) is 63.5 Å². The summed E-state index contributed by atoms with van der Waals surface area (Å²) in [6.45, 7) is 11.6. The molecule has 16 nitrogen and oxygen atoms in total. The number of fused-ring (bicyclic) bond motifs is 5. The number of carbonyl (C=O) groups excluding carboxylic acids is 5. The number of amides is 1. The van der Waals surface area contributed by atoms with Crippen molar-refractivity contribution in [3.05, 3.63) is 82.9 Å². The first-order valence-electron chi connectivity index (χ1n) is 19.5. The van der Waals surface area contributed by atoms with Crippen LogP contribution in [0.5, 0.6) is 0 Å². The topological polar surface area (TPSA) is 234 Å². The van der Waals surface area contributed by atoms with Gasteiger partial charge in [0.2, 0.25) is 0 Å². The third-order valence-electron chi connectivity index (χ3n) is 12.5. The minimum atomic E-state index is -2.38. The number of benzene rings is 2. The van der Waals surface area contributed by atoms with Gasteiger partial charge in [-0.15, -0.1) is 0 Å². The maximum atomic E-state index is 15.0. The Bertz CT molecular complexity index is 2000. The summed E-state index contributed by atoms with van der Waals surface area (Å²) in [6.07, 6.45) is -11.7. The van der Waals surface area contributed by atoms with Crippen LogP contribution in [0, 0.1) is 16.7 Å².